The molecule has 2 rings (SSSR count). The minimum Gasteiger partial charge on any atom is -0.396 e. The van der Waals surface area contributed by atoms with E-state index in [0.717, 1.165) is 51.3 Å². The van der Waals surface area contributed by atoms with Crippen LogP contribution in [0.25, 0.3) is 10.9 Å². The monoisotopic (exact) mass is 372 g/mol. The average molecular weight is 373 g/mol. The molecule has 0 unspecified atom stereocenters. The van der Waals surface area contributed by atoms with Crippen molar-refractivity contribution >= 4 is 16.9 Å². The van der Waals surface area contributed by atoms with Gasteiger partial charge < -0.3 is 20.7 Å². The number of aromatic amines is 1. The first-order valence-corrected chi connectivity index (χ1v) is 10.3. The number of hydrogen-bond donors (Lipinski definition) is 4. The van der Waals surface area contributed by atoms with E-state index in [0.29, 0.717) is 0 Å². The normalized spacial score (nSPS) is 12.6. The predicted molar refractivity (Wildman–Crippen MR) is 115 cm³/mol. The predicted octanol–water partition coefficient (Wildman–Crippen LogP) is 3.76. The van der Waals surface area contributed by atoms with Crippen LogP contribution < -0.4 is 10.6 Å². The molecule has 0 amide bonds. The molecule has 4 N–H and O–H groups in total. The molecule has 0 fully saturated rings. The van der Waals surface area contributed by atoms with Crippen molar-refractivity contribution < 1.29 is 5.11 Å². The summed E-state index contributed by atoms with van der Waals surface area (Å²) in [5, 5.41) is 17.6. The van der Waals surface area contributed by atoms with Crippen LogP contribution in [0.5, 0.6) is 0 Å². The number of aromatic nitrogens is 1. The van der Waals surface area contributed by atoms with Crippen LogP contribution in [0.4, 0.5) is 0 Å². The fraction of sp³-hybridized carbons (Fsp3) is 0.591. The van der Waals surface area contributed by atoms with Crippen LogP contribution in [-0.4, -0.2) is 42.3 Å². The minimum atomic E-state index is 0.0883. The van der Waals surface area contributed by atoms with Gasteiger partial charge in [0.2, 0.25) is 0 Å². The summed E-state index contributed by atoms with van der Waals surface area (Å²) >= 11 is 0. The van der Waals surface area contributed by atoms with Gasteiger partial charge in [0, 0.05) is 43.3 Å². The van der Waals surface area contributed by atoms with Gasteiger partial charge >= 0.3 is 0 Å². The van der Waals surface area contributed by atoms with Gasteiger partial charge in [-0.2, -0.15) is 0 Å². The SMILES string of the molecule is CCNC(=NCC(CC)(CC)CCO)NCCc1c[nH]c2cccc(C)c12. The first-order valence-electron chi connectivity index (χ1n) is 10.3. The Hall–Kier alpha value is -2.01. The molecule has 0 bridgehead atoms. The number of hydrogen-bond acceptors (Lipinski definition) is 2. The maximum Gasteiger partial charge on any atom is 0.191 e. The third-order valence-corrected chi connectivity index (χ3v) is 5.74. The molecule has 150 valence electrons. The summed E-state index contributed by atoms with van der Waals surface area (Å²) in [6.45, 7) is 11.3. The molecular formula is C22H36N4O. The van der Waals surface area contributed by atoms with Gasteiger partial charge in [-0.15, -0.1) is 0 Å². The Bertz CT molecular complexity index is 731. The molecule has 0 spiro atoms. The van der Waals surface area contributed by atoms with E-state index in [1.54, 1.807) is 0 Å². The highest BCUT2D eigenvalue weighted by Gasteiger charge is 2.25. The van der Waals surface area contributed by atoms with Crippen molar-refractivity contribution in [1.29, 1.82) is 0 Å². The number of fused-ring (bicyclic) bond motifs is 1. The van der Waals surface area contributed by atoms with Crippen molar-refractivity contribution in [3.63, 3.8) is 0 Å². The van der Waals surface area contributed by atoms with E-state index in [9.17, 15) is 5.11 Å². The standard InChI is InChI=1S/C22H36N4O/c1-5-22(6-2,12-14-27)16-26-21(23-7-3)24-13-11-18-15-25-19-10-8-9-17(4)20(18)19/h8-10,15,25,27H,5-7,11-14,16H2,1-4H3,(H2,23,24,26). The van der Waals surface area contributed by atoms with Crippen LogP contribution in [-0.2, 0) is 6.42 Å². The Kier molecular flexibility index (Phi) is 8.17. The quantitative estimate of drug-likeness (QED) is 0.379. The fourth-order valence-electron chi connectivity index (χ4n) is 3.70. The van der Waals surface area contributed by atoms with Gasteiger partial charge in [0.05, 0.1) is 0 Å². The highest BCUT2D eigenvalue weighted by Crippen LogP contribution is 2.30. The molecule has 2 aromatic rings. The number of H-pyrrole nitrogens is 1. The third kappa shape index (κ3) is 5.48. The molecule has 5 nitrogen and oxygen atoms in total. The van der Waals surface area contributed by atoms with E-state index in [1.807, 2.05) is 0 Å². The van der Waals surface area contributed by atoms with Gasteiger partial charge in [-0.1, -0.05) is 26.0 Å². The molecule has 0 radical (unpaired) electrons. The fourth-order valence-corrected chi connectivity index (χ4v) is 3.70. The minimum absolute atomic E-state index is 0.0883. The lowest BCUT2D eigenvalue weighted by atomic mass is 9.79. The molecule has 1 heterocycles. The smallest absolute Gasteiger partial charge is 0.191 e. The molecule has 1 aromatic heterocycles. The van der Waals surface area contributed by atoms with Gasteiger partial charge in [-0.3, -0.25) is 4.99 Å². The first-order chi connectivity index (χ1) is 13.1. The van der Waals surface area contributed by atoms with E-state index in [1.165, 1.54) is 22.0 Å². The van der Waals surface area contributed by atoms with Gasteiger partial charge in [0.1, 0.15) is 0 Å². The van der Waals surface area contributed by atoms with E-state index in [4.69, 9.17) is 4.99 Å². The summed E-state index contributed by atoms with van der Waals surface area (Å²) in [5.74, 6) is 0.860. The zero-order chi connectivity index (χ0) is 19.7. The number of aliphatic hydroxyl groups is 1. The largest absolute Gasteiger partial charge is 0.396 e. The van der Waals surface area contributed by atoms with E-state index >= 15 is 0 Å². The molecule has 0 saturated heterocycles. The number of nitrogens with zero attached hydrogens (tertiary/aromatic N) is 1. The van der Waals surface area contributed by atoms with Crippen molar-refractivity contribution in [3.8, 4) is 0 Å². The Labute approximate surface area is 163 Å². The maximum atomic E-state index is 9.41. The zero-order valence-electron chi connectivity index (χ0n) is 17.4. The van der Waals surface area contributed by atoms with E-state index in [-0.39, 0.29) is 12.0 Å². The van der Waals surface area contributed by atoms with Crippen molar-refractivity contribution in [3.05, 3.63) is 35.5 Å². The van der Waals surface area contributed by atoms with Crippen molar-refractivity contribution in [2.45, 2.75) is 53.4 Å². The Morgan fingerprint density at radius 1 is 1.19 bits per heavy atom. The maximum absolute atomic E-state index is 9.41. The summed E-state index contributed by atoms with van der Waals surface area (Å²) in [6, 6.07) is 6.38. The molecule has 0 aliphatic heterocycles. The highest BCUT2D eigenvalue weighted by atomic mass is 16.3. The van der Waals surface area contributed by atoms with Gasteiger partial charge in [0.15, 0.2) is 5.96 Å². The summed E-state index contributed by atoms with van der Waals surface area (Å²) in [7, 11) is 0. The summed E-state index contributed by atoms with van der Waals surface area (Å²) in [4.78, 5) is 8.19. The number of benzene rings is 1. The molecule has 0 saturated carbocycles. The van der Waals surface area contributed by atoms with Crippen LogP contribution in [0.2, 0.25) is 0 Å². The van der Waals surface area contributed by atoms with Crippen LogP contribution >= 0.6 is 0 Å². The van der Waals surface area contributed by atoms with Crippen molar-refractivity contribution in [1.82, 2.24) is 15.6 Å². The third-order valence-electron chi connectivity index (χ3n) is 5.74. The number of aryl methyl sites for hydroxylation is 1. The number of aliphatic hydroxyl groups excluding tert-OH is 1. The van der Waals surface area contributed by atoms with Crippen LogP contribution in [0, 0.1) is 12.3 Å². The first kappa shape index (κ1) is 21.3. The molecule has 27 heavy (non-hydrogen) atoms. The number of rotatable bonds is 10. The van der Waals surface area contributed by atoms with Gasteiger partial charge in [-0.05, 0) is 62.1 Å². The van der Waals surface area contributed by atoms with Gasteiger partial charge in [0.25, 0.3) is 0 Å². The molecule has 0 aliphatic carbocycles. The number of aliphatic imine (C=N–C) groups is 1. The summed E-state index contributed by atoms with van der Waals surface area (Å²) in [6.07, 6.45) is 5.92. The molecule has 0 atom stereocenters. The number of guanidine groups is 1. The second-order valence-corrected chi connectivity index (χ2v) is 7.36. The lowest BCUT2D eigenvalue weighted by Gasteiger charge is -2.29. The summed E-state index contributed by atoms with van der Waals surface area (Å²) in [5.41, 5.74) is 3.93. The molecule has 5 heteroatoms. The molecular weight excluding hydrogens is 336 g/mol. The lowest BCUT2D eigenvalue weighted by Crippen LogP contribution is -2.39. The molecule has 0 aliphatic rings. The van der Waals surface area contributed by atoms with Crippen molar-refractivity contribution in [2.24, 2.45) is 10.4 Å². The van der Waals surface area contributed by atoms with E-state index in [2.05, 4.69) is 67.7 Å². The Morgan fingerprint density at radius 3 is 2.63 bits per heavy atom. The van der Waals surface area contributed by atoms with Crippen LogP contribution in [0.3, 0.4) is 0 Å². The van der Waals surface area contributed by atoms with Crippen molar-refractivity contribution in [2.75, 3.05) is 26.2 Å². The zero-order valence-corrected chi connectivity index (χ0v) is 17.4. The second kappa shape index (κ2) is 10.4. The topological polar surface area (TPSA) is 72.4 Å². The van der Waals surface area contributed by atoms with Crippen LogP contribution in [0.1, 0.15) is 51.2 Å². The lowest BCUT2D eigenvalue weighted by molar-refractivity contribution is 0.175. The highest BCUT2D eigenvalue weighted by molar-refractivity contribution is 5.86. The van der Waals surface area contributed by atoms with Crippen LogP contribution in [0.15, 0.2) is 29.4 Å². The van der Waals surface area contributed by atoms with E-state index < -0.39 is 0 Å². The summed E-state index contributed by atoms with van der Waals surface area (Å²) < 4.78 is 0. The van der Waals surface area contributed by atoms with Gasteiger partial charge in [-0.25, -0.2) is 0 Å². The molecule has 1 aromatic carbocycles. The Balaban J connectivity index is 2.01. The Morgan fingerprint density at radius 2 is 1.96 bits per heavy atom. The second-order valence-electron chi connectivity index (χ2n) is 7.36. The average Bonchev–Trinajstić information content (AvgIpc) is 3.09. The number of nitrogens with one attached hydrogen (secondary N) is 3.